The third kappa shape index (κ3) is 4.14. The Bertz CT molecular complexity index is 1400. The monoisotopic (exact) mass is 488 g/mol. The molecular formula is C25H20N4O3S2. The molecule has 0 atom stereocenters. The number of nitrogens with zero attached hydrogens (tertiary/aromatic N) is 3. The van der Waals surface area contributed by atoms with Crippen LogP contribution in [0.4, 0.5) is 9.80 Å². The molecule has 4 aromatic rings. The number of hydrogen-bond donors (Lipinski definition) is 1. The first-order chi connectivity index (χ1) is 16.6. The lowest BCUT2D eigenvalue weighted by molar-refractivity contribution is 0.102. The van der Waals surface area contributed by atoms with Crippen LogP contribution in [0.5, 0.6) is 0 Å². The lowest BCUT2D eigenvalue weighted by Crippen LogP contribution is -2.35. The highest BCUT2D eigenvalue weighted by molar-refractivity contribution is 7.23. The van der Waals surface area contributed by atoms with Crippen LogP contribution in [0.1, 0.15) is 33.3 Å². The van der Waals surface area contributed by atoms with E-state index in [2.05, 4.69) is 11.4 Å². The van der Waals surface area contributed by atoms with E-state index in [1.807, 2.05) is 24.3 Å². The number of anilines is 1. The molecule has 0 saturated heterocycles. The van der Waals surface area contributed by atoms with E-state index in [-0.39, 0.29) is 12.0 Å². The highest BCUT2D eigenvalue weighted by Crippen LogP contribution is 2.45. The molecule has 0 bridgehead atoms. The topological polar surface area (TPSA) is 95.3 Å². The van der Waals surface area contributed by atoms with Gasteiger partial charge in [-0.3, -0.25) is 4.79 Å². The van der Waals surface area contributed by atoms with Crippen molar-refractivity contribution in [2.75, 3.05) is 18.5 Å². The fourth-order valence-corrected chi connectivity index (χ4v) is 6.31. The van der Waals surface area contributed by atoms with Crippen molar-refractivity contribution >= 4 is 49.9 Å². The molecule has 9 heteroatoms. The molecule has 2 aromatic carbocycles. The molecule has 2 amide bonds. The van der Waals surface area contributed by atoms with Crippen molar-refractivity contribution in [1.82, 2.24) is 9.88 Å². The van der Waals surface area contributed by atoms with Gasteiger partial charge in [0.15, 0.2) is 0 Å². The highest BCUT2D eigenvalue weighted by atomic mass is 32.1. The smallest absolute Gasteiger partial charge is 0.410 e. The first-order valence-corrected chi connectivity index (χ1v) is 12.4. The van der Waals surface area contributed by atoms with Gasteiger partial charge in [-0.15, -0.1) is 22.7 Å². The largest absolute Gasteiger partial charge is 0.450 e. The van der Waals surface area contributed by atoms with Gasteiger partial charge in [-0.05, 0) is 55.3 Å². The molecule has 5 rings (SSSR count). The molecule has 0 aliphatic carbocycles. The fourth-order valence-electron chi connectivity index (χ4n) is 3.94. The SMILES string of the molecule is CCOC(=O)N1CCc2c(sc(NC(=O)c3ccc(C#N)cc3)c2-c2nc3ccccc3s2)C1. The zero-order valence-corrected chi connectivity index (χ0v) is 20.0. The third-order valence-corrected chi connectivity index (χ3v) is 7.78. The molecule has 0 unspecified atom stereocenters. The van der Waals surface area contributed by atoms with Crippen molar-refractivity contribution in [3.63, 3.8) is 0 Å². The molecule has 0 radical (unpaired) electrons. The number of aromatic nitrogens is 1. The quantitative estimate of drug-likeness (QED) is 0.400. The van der Waals surface area contributed by atoms with E-state index in [9.17, 15) is 9.59 Å². The van der Waals surface area contributed by atoms with Gasteiger partial charge < -0.3 is 15.0 Å². The van der Waals surface area contributed by atoms with Crippen molar-refractivity contribution < 1.29 is 14.3 Å². The van der Waals surface area contributed by atoms with E-state index in [4.69, 9.17) is 15.0 Å². The number of thiazole rings is 1. The molecule has 34 heavy (non-hydrogen) atoms. The minimum atomic E-state index is -0.328. The summed E-state index contributed by atoms with van der Waals surface area (Å²) in [5.41, 5.74) is 3.91. The van der Waals surface area contributed by atoms with Crippen molar-refractivity contribution in [3.8, 4) is 16.6 Å². The molecule has 170 valence electrons. The number of nitriles is 1. The van der Waals surface area contributed by atoms with E-state index in [0.29, 0.717) is 42.2 Å². The van der Waals surface area contributed by atoms with Gasteiger partial charge in [0.25, 0.3) is 5.91 Å². The second-order valence-electron chi connectivity index (χ2n) is 7.71. The van der Waals surface area contributed by atoms with Crippen LogP contribution in [-0.4, -0.2) is 35.0 Å². The number of thiophene rings is 1. The molecule has 0 saturated carbocycles. The van der Waals surface area contributed by atoms with Crippen LogP contribution in [0.3, 0.4) is 0 Å². The molecule has 7 nitrogen and oxygen atoms in total. The van der Waals surface area contributed by atoms with Gasteiger partial charge in [0.2, 0.25) is 0 Å². The Hall–Kier alpha value is -3.74. The van der Waals surface area contributed by atoms with Crippen molar-refractivity contribution in [1.29, 1.82) is 5.26 Å². The maximum atomic E-state index is 13.1. The van der Waals surface area contributed by atoms with E-state index in [1.54, 1.807) is 47.4 Å². The summed E-state index contributed by atoms with van der Waals surface area (Å²) in [6.45, 7) is 3.10. The van der Waals surface area contributed by atoms with Gasteiger partial charge in [0.05, 0.1) is 35.0 Å². The number of hydrogen-bond acceptors (Lipinski definition) is 7. The van der Waals surface area contributed by atoms with Gasteiger partial charge in [0.1, 0.15) is 10.0 Å². The van der Waals surface area contributed by atoms with Crippen LogP contribution in [0.25, 0.3) is 20.8 Å². The van der Waals surface area contributed by atoms with Crippen molar-refractivity contribution in [2.45, 2.75) is 19.9 Å². The van der Waals surface area contributed by atoms with Gasteiger partial charge >= 0.3 is 6.09 Å². The second kappa shape index (κ2) is 9.25. The minimum absolute atomic E-state index is 0.257. The first kappa shape index (κ1) is 22.1. The van der Waals surface area contributed by atoms with Gasteiger partial charge in [-0.2, -0.15) is 5.26 Å². The second-order valence-corrected chi connectivity index (χ2v) is 9.84. The van der Waals surface area contributed by atoms with Crippen LogP contribution in [0, 0.1) is 11.3 Å². The van der Waals surface area contributed by atoms with E-state index in [1.165, 1.54) is 11.3 Å². The Morgan fingerprint density at radius 1 is 1.18 bits per heavy atom. The number of fused-ring (bicyclic) bond motifs is 2. The number of benzene rings is 2. The van der Waals surface area contributed by atoms with E-state index >= 15 is 0 Å². The molecule has 1 aliphatic rings. The number of amides is 2. The van der Waals surface area contributed by atoms with Crippen molar-refractivity contribution in [2.24, 2.45) is 0 Å². The standard InChI is InChI=1S/C25H20N4O3S2/c1-2-32-25(31)29-12-11-17-20(14-29)34-24(28-22(30)16-9-7-15(13-26)8-10-16)21(17)23-27-18-5-3-4-6-19(18)33-23/h3-10H,2,11-12,14H2,1H3,(H,28,30). The van der Waals surface area contributed by atoms with Crippen molar-refractivity contribution in [3.05, 3.63) is 70.1 Å². The summed E-state index contributed by atoms with van der Waals surface area (Å²) in [6, 6.07) is 16.5. The summed E-state index contributed by atoms with van der Waals surface area (Å²) in [6.07, 6.45) is 0.328. The summed E-state index contributed by atoms with van der Waals surface area (Å²) in [5, 5.41) is 13.6. The molecular weight excluding hydrogens is 468 g/mol. The maximum Gasteiger partial charge on any atom is 0.410 e. The first-order valence-electron chi connectivity index (χ1n) is 10.8. The van der Waals surface area contributed by atoms with Crippen LogP contribution < -0.4 is 5.32 Å². The third-order valence-electron chi connectivity index (χ3n) is 5.59. The number of rotatable bonds is 4. The normalized spacial score (nSPS) is 12.8. The van der Waals surface area contributed by atoms with Gasteiger partial charge in [0, 0.05) is 22.5 Å². The van der Waals surface area contributed by atoms with Gasteiger partial charge in [-0.25, -0.2) is 9.78 Å². The molecule has 1 aliphatic heterocycles. The van der Waals surface area contributed by atoms with Gasteiger partial charge in [-0.1, -0.05) is 12.1 Å². The fraction of sp³-hybridized carbons (Fsp3) is 0.200. The molecule has 1 N–H and O–H groups in total. The van der Waals surface area contributed by atoms with Crippen LogP contribution in [-0.2, 0) is 17.7 Å². The number of ether oxygens (including phenoxy) is 1. The maximum absolute atomic E-state index is 13.1. The lowest BCUT2D eigenvalue weighted by atomic mass is 10.0. The summed E-state index contributed by atoms with van der Waals surface area (Å²) in [7, 11) is 0. The van der Waals surface area contributed by atoms with Crippen LogP contribution in [0.15, 0.2) is 48.5 Å². The Kier molecular flexibility index (Phi) is 6.01. The minimum Gasteiger partial charge on any atom is -0.450 e. The summed E-state index contributed by atoms with van der Waals surface area (Å²) < 4.78 is 6.26. The number of carbonyl (C=O) groups is 2. The van der Waals surface area contributed by atoms with Crippen LogP contribution in [0.2, 0.25) is 0 Å². The van der Waals surface area contributed by atoms with Crippen LogP contribution >= 0.6 is 22.7 Å². The molecule has 0 spiro atoms. The Morgan fingerprint density at radius 3 is 2.71 bits per heavy atom. The predicted octanol–water partition coefficient (Wildman–Crippen LogP) is 5.66. The Morgan fingerprint density at radius 2 is 1.97 bits per heavy atom. The summed E-state index contributed by atoms with van der Waals surface area (Å²) >= 11 is 3.06. The zero-order chi connectivity index (χ0) is 23.7. The highest BCUT2D eigenvalue weighted by Gasteiger charge is 2.30. The number of carbonyl (C=O) groups excluding carboxylic acids is 2. The number of para-hydroxylation sites is 1. The summed E-state index contributed by atoms with van der Waals surface area (Å²) in [4.78, 5) is 32.9. The van der Waals surface area contributed by atoms with E-state index < -0.39 is 0 Å². The lowest BCUT2D eigenvalue weighted by Gasteiger charge is -2.26. The molecule has 3 heterocycles. The zero-order valence-electron chi connectivity index (χ0n) is 18.3. The Balaban J connectivity index is 1.54. The molecule has 2 aromatic heterocycles. The molecule has 0 fully saturated rings. The average molecular weight is 489 g/mol. The number of nitrogens with one attached hydrogen (secondary N) is 1. The summed E-state index contributed by atoms with van der Waals surface area (Å²) in [5.74, 6) is -0.257. The Labute approximate surface area is 204 Å². The average Bonchev–Trinajstić information content (AvgIpc) is 3.44. The predicted molar refractivity (Wildman–Crippen MR) is 133 cm³/mol. The van der Waals surface area contributed by atoms with E-state index in [0.717, 1.165) is 31.2 Å².